The van der Waals surface area contributed by atoms with Crippen molar-refractivity contribution in [1.82, 2.24) is 0 Å². The van der Waals surface area contributed by atoms with Gasteiger partial charge in [0.05, 0.1) is 13.2 Å². The summed E-state index contributed by atoms with van der Waals surface area (Å²) in [5.41, 5.74) is 0. The Morgan fingerprint density at radius 1 is 1.06 bits per heavy atom. The van der Waals surface area contributed by atoms with E-state index in [2.05, 4.69) is 4.74 Å². The average Bonchev–Trinajstić information content (AvgIpc) is 2.23. The first-order valence-corrected chi connectivity index (χ1v) is 6.67. The van der Waals surface area contributed by atoms with E-state index in [1.54, 1.807) is 0 Å². The first-order valence-electron chi connectivity index (χ1n) is 5.21. The Labute approximate surface area is 95.8 Å². The summed E-state index contributed by atoms with van der Waals surface area (Å²) in [6, 6.07) is 0. The van der Waals surface area contributed by atoms with Gasteiger partial charge in [-0.1, -0.05) is 13.8 Å². The second-order valence-electron chi connectivity index (χ2n) is 3.00. The maximum Gasteiger partial charge on any atom is 0.477 e. The van der Waals surface area contributed by atoms with Crippen molar-refractivity contribution >= 4 is 13.8 Å². The van der Waals surface area contributed by atoms with Gasteiger partial charge in [0.1, 0.15) is 0 Å². The Balaban J connectivity index is 4.07. The number of carbonyl (C=O) groups excluding carboxylic acids is 1. The molecular weight excluding hydrogens is 235 g/mol. The minimum atomic E-state index is -3.59. The second kappa shape index (κ2) is 8.70. The van der Waals surface area contributed by atoms with Crippen LogP contribution in [-0.2, 0) is 27.7 Å². The Morgan fingerprint density at radius 3 is 1.94 bits per heavy atom. The molecule has 0 unspecified atom stereocenters. The van der Waals surface area contributed by atoms with Crippen LogP contribution < -0.4 is 0 Å². The standard InChI is InChI=1S/C9H19O6P/c1-4-6-13-16(11,14-7-5-2)15-8-12-9(3)10/h4-8H2,1-3H3. The van der Waals surface area contributed by atoms with Crippen LogP contribution >= 0.6 is 7.82 Å². The summed E-state index contributed by atoms with van der Waals surface area (Å²) in [5.74, 6) is -0.516. The van der Waals surface area contributed by atoms with Crippen molar-refractivity contribution < 1.29 is 27.7 Å². The molecule has 0 spiro atoms. The summed E-state index contributed by atoms with van der Waals surface area (Å²) in [6.45, 7) is 5.07. The number of hydrogen-bond acceptors (Lipinski definition) is 6. The maximum atomic E-state index is 11.9. The zero-order chi connectivity index (χ0) is 12.4. The van der Waals surface area contributed by atoms with Gasteiger partial charge in [-0.05, 0) is 12.8 Å². The highest BCUT2D eigenvalue weighted by molar-refractivity contribution is 7.48. The van der Waals surface area contributed by atoms with Crippen LogP contribution in [0.25, 0.3) is 0 Å². The Kier molecular flexibility index (Phi) is 8.47. The molecule has 0 bridgehead atoms. The van der Waals surface area contributed by atoms with Gasteiger partial charge in [-0.2, -0.15) is 0 Å². The lowest BCUT2D eigenvalue weighted by Crippen LogP contribution is -2.07. The Hall–Kier alpha value is -0.420. The lowest BCUT2D eigenvalue weighted by Gasteiger charge is -2.16. The molecule has 0 atom stereocenters. The summed E-state index contributed by atoms with van der Waals surface area (Å²) >= 11 is 0. The highest BCUT2D eigenvalue weighted by Crippen LogP contribution is 2.49. The average molecular weight is 254 g/mol. The summed E-state index contributed by atoms with van der Waals surface area (Å²) in [7, 11) is -3.59. The molecule has 0 aromatic heterocycles. The Morgan fingerprint density at radius 2 is 1.56 bits per heavy atom. The van der Waals surface area contributed by atoms with E-state index in [4.69, 9.17) is 13.6 Å². The fourth-order valence-electron chi connectivity index (χ4n) is 0.692. The SMILES string of the molecule is CCCOP(=O)(OCCC)OCOC(C)=O. The summed E-state index contributed by atoms with van der Waals surface area (Å²) in [5, 5.41) is 0. The van der Waals surface area contributed by atoms with E-state index < -0.39 is 20.6 Å². The minimum absolute atomic E-state index is 0.265. The summed E-state index contributed by atoms with van der Waals surface area (Å²) < 4.78 is 31.1. The van der Waals surface area contributed by atoms with Crippen molar-refractivity contribution in [1.29, 1.82) is 0 Å². The van der Waals surface area contributed by atoms with Crippen LogP contribution in [0.4, 0.5) is 0 Å². The first-order chi connectivity index (χ1) is 7.54. The van der Waals surface area contributed by atoms with Crippen molar-refractivity contribution in [2.75, 3.05) is 20.0 Å². The first kappa shape index (κ1) is 15.6. The molecule has 0 fully saturated rings. The Bertz CT molecular complexity index is 230. The molecule has 0 aromatic rings. The molecule has 0 rings (SSSR count). The predicted octanol–water partition coefficient (Wildman–Crippen LogP) is 2.48. The van der Waals surface area contributed by atoms with Gasteiger partial charge in [0, 0.05) is 6.92 Å². The van der Waals surface area contributed by atoms with E-state index in [9.17, 15) is 9.36 Å². The number of phosphoric acid groups is 1. The third-order valence-electron chi connectivity index (χ3n) is 1.38. The minimum Gasteiger partial charge on any atom is -0.438 e. The fourth-order valence-corrected chi connectivity index (χ4v) is 1.91. The number of ether oxygens (including phenoxy) is 1. The van der Waals surface area contributed by atoms with Gasteiger partial charge in [-0.3, -0.25) is 13.8 Å². The smallest absolute Gasteiger partial charge is 0.438 e. The van der Waals surface area contributed by atoms with Gasteiger partial charge >= 0.3 is 13.8 Å². The van der Waals surface area contributed by atoms with Crippen molar-refractivity contribution in [3.63, 3.8) is 0 Å². The number of rotatable bonds is 9. The van der Waals surface area contributed by atoms with Crippen molar-refractivity contribution in [2.45, 2.75) is 33.6 Å². The summed E-state index contributed by atoms with van der Waals surface area (Å²) in [4.78, 5) is 10.5. The van der Waals surface area contributed by atoms with Gasteiger partial charge < -0.3 is 4.74 Å². The van der Waals surface area contributed by atoms with Gasteiger partial charge in [0.25, 0.3) is 0 Å². The van der Waals surface area contributed by atoms with E-state index in [1.807, 2.05) is 13.8 Å². The molecule has 0 saturated carbocycles. The van der Waals surface area contributed by atoms with E-state index in [0.29, 0.717) is 12.8 Å². The van der Waals surface area contributed by atoms with Crippen LogP contribution in [0.1, 0.15) is 33.6 Å². The molecular formula is C9H19O6P. The van der Waals surface area contributed by atoms with Crippen LogP contribution in [0.2, 0.25) is 0 Å². The van der Waals surface area contributed by atoms with E-state index in [1.165, 1.54) is 6.92 Å². The summed E-state index contributed by atoms with van der Waals surface area (Å²) in [6.07, 6.45) is 1.38. The fraction of sp³-hybridized carbons (Fsp3) is 0.889. The van der Waals surface area contributed by atoms with Gasteiger partial charge in [0.2, 0.25) is 6.79 Å². The molecule has 0 aliphatic rings. The third-order valence-corrected chi connectivity index (χ3v) is 2.80. The van der Waals surface area contributed by atoms with Crippen molar-refractivity contribution in [2.24, 2.45) is 0 Å². The van der Waals surface area contributed by atoms with E-state index in [0.717, 1.165) is 0 Å². The molecule has 0 N–H and O–H groups in total. The van der Waals surface area contributed by atoms with E-state index >= 15 is 0 Å². The molecule has 0 heterocycles. The molecule has 0 radical (unpaired) electrons. The second-order valence-corrected chi connectivity index (χ2v) is 4.67. The number of phosphoric ester groups is 1. The van der Waals surface area contributed by atoms with Crippen LogP contribution in [0.3, 0.4) is 0 Å². The normalized spacial score (nSPS) is 11.4. The van der Waals surface area contributed by atoms with Crippen LogP contribution in [-0.4, -0.2) is 26.0 Å². The quantitative estimate of drug-likeness (QED) is 0.357. The van der Waals surface area contributed by atoms with Crippen LogP contribution in [0, 0.1) is 0 Å². The van der Waals surface area contributed by atoms with Crippen molar-refractivity contribution in [3.05, 3.63) is 0 Å². The number of esters is 1. The zero-order valence-corrected chi connectivity index (χ0v) is 10.8. The van der Waals surface area contributed by atoms with Crippen LogP contribution in [0.5, 0.6) is 0 Å². The number of carbonyl (C=O) groups is 1. The molecule has 7 heteroatoms. The van der Waals surface area contributed by atoms with Crippen molar-refractivity contribution in [3.8, 4) is 0 Å². The molecule has 16 heavy (non-hydrogen) atoms. The molecule has 0 aliphatic carbocycles. The topological polar surface area (TPSA) is 71.1 Å². The maximum absolute atomic E-state index is 11.9. The lowest BCUT2D eigenvalue weighted by atomic mass is 10.5. The monoisotopic (exact) mass is 254 g/mol. The molecule has 0 amide bonds. The molecule has 96 valence electrons. The largest absolute Gasteiger partial charge is 0.477 e. The third kappa shape index (κ3) is 7.82. The zero-order valence-electron chi connectivity index (χ0n) is 9.93. The molecule has 6 nitrogen and oxygen atoms in total. The molecule has 0 aliphatic heterocycles. The molecule has 0 aromatic carbocycles. The lowest BCUT2D eigenvalue weighted by molar-refractivity contribution is -0.148. The molecule has 0 saturated heterocycles. The number of hydrogen-bond donors (Lipinski definition) is 0. The van der Waals surface area contributed by atoms with E-state index in [-0.39, 0.29) is 13.2 Å². The highest BCUT2D eigenvalue weighted by Gasteiger charge is 2.26. The predicted molar refractivity (Wildman–Crippen MR) is 57.8 cm³/mol. The van der Waals surface area contributed by atoms with Crippen LogP contribution in [0.15, 0.2) is 0 Å². The highest BCUT2D eigenvalue weighted by atomic mass is 31.2. The van der Waals surface area contributed by atoms with Gasteiger partial charge in [0.15, 0.2) is 0 Å². The van der Waals surface area contributed by atoms with Gasteiger partial charge in [-0.25, -0.2) is 9.09 Å². The van der Waals surface area contributed by atoms with Gasteiger partial charge in [-0.15, -0.1) is 0 Å².